The van der Waals surface area contributed by atoms with Gasteiger partial charge in [-0.3, -0.25) is 0 Å². The molecule has 0 aliphatic rings. The number of hydrogen-bond donors (Lipinski definition) is 0. The van der Waals surface area contributed by atoms with E-state index in [9.17, 15) is 0 Å². The van der Waals surface area contributed by atoms with Gasteiger partial charge in [-0.25, -0.2) is 0 Å². The van der Waals surface area contributed by atoms with Gasteiger partial charge in [-0.2, -0.15) is 0 Å². The van der Waals surface area contributed by atoms with Crippen LogP contribution in [-0.4, -0.2) is 0 Å². The first kappa shape index (κ1) is 25.6. The minimum Gasteiger partial charge on any atom is -0.456 e. The molecule has 45 heavy (non-hydrogen) atoms. The predicted molar refractivity (Wildman–Crippen MR) is 190 cm³/mol. The van der Waals surface area contributed by atoms with E-state index < -0.39 is 0 Å². The Labute approximate surface area is 261 Å². The monoisotopic (exact) mass is 572 g/mol. The van der Waals surface area contributed by atoms with E-state index in [2.05, 4.69) is 164 Å². The Morgan fingerprint density at radius 3 is 1.53 bits per heavy atom. The predicted octanol–water partition coefficient (Wildman–Crippen LogP) is 12.6. The summed E-state index contributed by atoms with van der Waals surface area (Å²) < 4.78 is 6.35. The third-order valence-electron chi connectivity index (χ3n) is 9.08. The molecule has 1 aromatic heterocycles. The second-order valence-corrected chi connectivity index (χ2v) is 11.6. The van der Waals surface area contributed by atoms with Crippen LogP contribution in [0.25, 0.3) is 88.0 Å². The summed E-state index contributed by atoms with van der Waals surface area (Å²) in [5.74, 6) is 0. The molecule has 0 unspecified atom stereocenters. The first-order chi connectivity index (χ1) is 22.3. The average Bonchev–Trinajstić information content (AvgIpc) is 3.50. The number of hydrogen-bond acceptors (Lipinski definition) is 1. The molecule has 9 rings (SSSR count). The summed E-state index contributed by atoms with van der Waals surface area (Å²) in [5.41, 5.74) is 11.6. The van der Waals surface area contributed by atoms with Crippen LogP contribution in [0.2, 0.25) is 0 Å². The van der Waals surface area contributed by atoms with E-state index in [4.69, 9.17) is 4.42 Å². The quantitative estimate of drug-likeness (QED) is 0.191. The second-order valence-electron chi connectivity index (χ2n) is 11.6. The lowest BCUT2D eigenvalue weighted by molar-refractivity contribution is 0.669. The number of benzene rings is 8. The molecule has 0 aliphatic heterocycles. The first-order valence-electron chi connectivity index (χ1n) is 15.4. The van der Waals surface area contributed by atoms with E-state index in [-0.39, 0.29) is 0 Å². The highest BCUT2D eigenvalue weighted by Crippen LogP contribution is 2.47. The van der Waals surface area contributed by atoms with E-state index in [1.165, 1.54) is 66.1 Å². The van der Waals surface area contributed by atoms with Crippen LogP contribution in [-0.2, 0) is 0 Å². The van der Waals surface area contributed by atoms with Crippen LogP contribution in [0.4, 0.5) is 0 Å². The molecule has 0 bridgehead atoms. The lowest BCUT2D eigenvalue weighted by atomic mass is 9.84. The number of para-hydroxylation sites is 1. The molecule has 0 aliphatic carbocycles. The second kappa shape index (κ2) is 10.4. The molecule has 1 nitrogen and oxygen atoms in total. The van der Waals surface area contributed by atoms with Crippen molar-refractivity contribution in [1.82, 2.24) is 0 Å². The third kappa shape index (κ3) is 4.17. The van der Waals surface area contributed by atoms with Crippen molar-refractivity contribution in [1.29, 1.82) is 0 Å². The van der Waals surface area contributed by atoms with Crippen LogP contribution in [0, 0.1) is 0 Å². The molecule has 9 aromatic rings. The normalized spacial score (nSPS) is 11.6. The van der Waals surface area contributed by atoms with E-state index >= 15 is 0 Å². The fourth-order valence-corrected chi connectivity index (χ4v) is 7.03. The van der Waals surface area contributed by atoms with Crippen molar-refractivity contribution in [2.75, 3.05) is 0 Å². The molecule has 1 heteroatoms. The summed E-state index contributed by atoms with van der Waals surface area (Å²) >= 11 is 0. The molecular formula is C44H28O. The highest BCUT2D eigenvalue weighted by atomic mass is 16.3. The molecule has 210 valence electrons. The first-order valence-corrected chi connectivity index (χ1v) is 15.4. The Morgan fingerprint density at radius 2 is 0.800 bits per heavy atom. The standard InChI is InChI=1S/C44H28O/c1-3-12-29(13-4-1)30-22-24-31(25-23-30)33-26-27-36-39(28-33)42(32-14-5-2-6-15-32)34-16-7-8-17-35(34)43(36)38-19-11-21-41-44(38)37-18-9-10-20-40(37)45-41/h1-28H. The van der Waals surface area contributed by atoms with Crippen LogP contribution >= 0.6 is 0 Å². The summed E-state index contributed by atoms with van der Waals surface area (Å²) in [6.45, 7) is 0. The van der Waals surface area contributed by atoms with Crippen molar-refractivity contribution in [3.05, 3.63) is 170 Å². The van der Waals surface area contributed by atoms with Gasteiger partial charge >= 0.3 is 0 Å². The SMILES string of the molecule is c1ccc(-c2ccc(-c3ccc4c(-c5cccc6oc7ccccc7c56)c5ccccc5c(-c5ccccc5)c4c3)cc2)cc1. The van der Waals surface area contributed by atoms with Crippen LogP contribution in [0.1, 0.15) is 0 Å². The minimum atomic E-state index is 0.910. The zero-order chi connectivity index (χ0) is 29.7. The Kier molecular flexibility index (Phi) is 5.89. The third-order valence-corrected chi connectivity index (χ3v) is 9.08. The molecule has 0 fully saturated rings. The van der Waals surface area contributed by atoms with Gasteiger partial charge in [0.25, 0.3) is 0 Å². The lowest BCUT2D eigenvalue weighted by Gasteiger charge is -2.19. The van der Waals surface area contributed by atoms with Crippen LogP contribution in [0.15, 0.2) is 174 Å². The van der Waals surface area contributed by atoms with Crippen molar-refractivity contribution in [2.24, 2.45) is 0 Å². The van der Waals surface area contributed by atoms with Crippen molar-refractivity contribution in [3.63, 3.8) is 0 Å². The molecule has 0 amide bonds. The summed E-state index contributed by atoms with van der Waals surface area (Å²) in [7, 11) is 0. The molecule has 0 saturated carbocycles. The van der Waals surface area contributed by atoms with Crippen molar-refractivity contribution in [2.45, 2.75) is 0 Å². The smallest absolute Gasteiger partial charge is 0.136 e. The molecular weight excluding hydrogens is 544 g/mol. The summed E-state index contributed by atoms with van der Waals surface area (Å²) in [5, 5.41) is 7.25. The van der Waals surface area contributed by atoms with Gasteiger partial charge < -0.3 is 4.42 Å². The van der Waals surface area contributed by atoms with Gasteiger partial charge in [0.15, 0.2) is 0 Å². The van der Waals surface area contributed by atoms with Gasteiger partial charge in [0, 0.05) is 10.8 Å². The van der Waals surface area contributed by atoms with E-state index in [0.29, 0.717) is 0 Å². The number of fused-ring (bicyclic) bond motifs is 5. The highest BCUT2D eigenvalue weighted by Gasteiger charge is 2.20. The Balaban J connectivity index is 1.36. The fourth-order valence-electron chi connectivity index (χ4n) is 7.03. The van der Waals surface area contributed by atoms with Crippen LogP contribution in [0.5, 0.6) is 0 Å². The molecule has 1 heterocycles. The zero-order valence-corrected chi connectivity index (χ0v) is 24.6. The fraction of sp³-hybridized carbons (Fsp3) is 0. The van der Waals surface area contributed by atoms with E-state index in [0.717, 1.165) is 21.9 Å². The Hall–Kier alpha value is -5.92. The van der Waals surface area contributed by atoms with Crippen molar-refractivity contribution in [3.8, 4) is 44.5 Å². The maximum atomic E-state index is 6.35. The Morgan fingerprint density at radius 1 is 0.289 bits per heavy atom. The van der Waals surface area contributed by atoms with Crippen molar-refractivity contribution < 1.29 is 4.42 Å². The van der Waals surface area contributed by atoms with E-state index in [1.807, 2.05) is 6.07 Å². The minimum absolute atomic E-state index is 0.910. The molecule has 8 aromatic carbocycles. The van der Waals surface area contributed by atoms with Crippen molar-refractivity contribution >= 4 is 43.5 Å². The van der Waals surface area contributed by atoms with Crippen LogP contribution in [0.3, 0.4) is 0 Å². The van der Waals surface area contributed by atoms with Gasteiger partial charge in [-0.1, -0.05) is 152 Å². The van der Waals surface area contributed by atoms with Crippen LogP contribution < -0.4 is 0 Å². The Bertz CT molecular complexity index is 2500. The van der Waals surface area contributed by atoms with E-state index in [1.54, 1.807) is 0 Å². The molecule has 0 radical (unpaired) electrons. The molecule has 0 spiro atoms. The molecule has 0 saturated heterocycles. The summed E-state index contributed by atoms with van der Waals surface area (Å²) in [6.07, 6.45) is 0. The number of rotatable bonds is 4. The topological polar surface area (TPSA) is 13.1 Å². The summed E-state index contributed by atoms with van der Waals surface area (Å²) in [6, 6.07) is 61.0. The van der Waals surface area contributed by atoms with Gasteiger partial charge in [0.1, 0.15) is 11.2 Å². The average molecular weight is 573 g/mol. The van der Waals surface area contributed by atoms with Gasteiger partial charge in [0.2, 0.25) is 0 Å². The maximum absolute atomic E-state index is 6.35. The molecule has 0 N–H and O–H groups in total. The van der Waals surface area contributed by atoms with Gasteiger partial charge in [-0.05, 0) is 84.3 Å². The largest absolute Gasteiger partial charge is 0.456 e. The van der Waals surface area contributed by atoms with Gasteiger partial charge in [-0.15, -0.1) is 0 Å². The zero-order valence-electron chi connectivity index (χ0n) is 24.6. The van der Waals surface area contributed by atoms with Gasteiger partial charge in [0.05, 0.1) is 0 Å². The highest BCUT2D eigenvalue weighted by molar-refractivity contribution is 6.26. The molecule has 0 atom stereocenters. The maximum Gasteiger partial charge on any atom is 0.136 e. The summed E-state index contributed by atoms with van der Waals surface area (Å²) in [4.78, 5) is 0. The number of furan rings is 1. The lowest BCUT2D eigenvalue weighted by Crippen LogP contribution is -1.92.